The lowest BCUT2D eigenvalue weighted by molar-refractivity contribution is -0.113. The molecule has 1 heterocycles. The van der Waals surface area contributed by atoms with Crippen molar-refractivity contribution in [2.24, 2.45) is 0 Å². The van der Waals surface area contributed by atoms with E-state index in [0.717, 1.165) is 28.1 Å². The van der Waals surface area contributed by atoms with Crippen LogP contribution in [0.4, 0.5) is 5.69 Å². The van der Waals surface area contributed by atoms with Gasteiger partial charge in [-0.05, 0) is 67.9 Å². The van der Waals surface area contributed by atoms with E-state index in [-0.39, 0.29) is 11.9 Å². The van der Waals surface area contributed by atoms with Crippen LogP contribution in [0.2, 0.25) is 0 Å². The molecule has 29 heavy (non-hydrogen) atoms. The van der Waals surface area contributed by atoms with Crippen LogP contribution in [0, 0.1) is 13.8 Å². The number of hydrogen-bond acceptors (Lipinski definition) is 3. The predicted molar refractivity (Wildman–Crippen MR) is 121 cm³/mol. The maximum atomic E-state index is 13.3. The van der Waals surface area contributed by atoms with E-state index < -0.39 is 0 Å². The minimum absolute atomic E-state index is 0.180. The van der Waals surface area contributed by atoms with Gasteiger partial charge in [-0.2, -0.15) is 0 Å². The first kappa shape index (κ1) is 20.6. The molecule has 0 bridgehead atoms. The largest absolute Gasteiger partial charge is 0.490 e. The standard InChI is InChI=1S/C23H25N3O2S/c1-5-12-28-18-10-7-9-17(13-18)21-20(16(4)24-23(29)26-21)22(27)25-19-11-6-8-14(2)15(19)3/h5-11,13,21H,1,12H2,2-4H3,(H,25,27)(H2,24,26,29)/t21-/m1/s1. The predicted octanol–water partition coefficient (Wildman–Crippen LogP) is 4.30. The fraction of sp³-hybridized carbons (Fsp3) is 0.217. The van der Waals surface area contributed by atoms with Crippen LogP contribution >= 0.6 is 12.2 Å². The number of anilines is 1. The first-order chi connectivity index (χ1) is 13.9. The summed E-state index contributed by atoms with van der Waals surface area (Å²) >= 11 is 5.34. The summed E-state index contributed by atoms with van der Waals surface area (Å²) in [5, 5.41) is 9.81. The van der Waals surface area contributed by atoms with E-state index in [9.17, 15) is 4.79 Å². The van der Waals surface area contributed by atoms with Crippen molar-refractivity contribution in [1.82, 2.24) is 10.6 Å². The number of carbonyl (C=O) groups is 1. The van der Waals surface area contributed by atoms with Gasteiger partial charge in [0.15, 0.2) is 5.11 Å². The zero-order chi connectivity index (χ0) is 21.0. The average Bonchev–Trinajstić information content (AvgIpc) is 2.69. The number of thiocarbonyl (C=S) groups is 1. The Morgan fingerprint density at radius 2 is 2.00 bits per heavy atom. The van der Waals surface area contributed by atoms with Gasteiger partial charge in [0.1, 0.15) is 12.4 Å². The van der Waals surface area contributed by atoms with Gasteiger partial charge in [-0.1, -0.05) is 36.9 Å². The molecule has 0 unspecified atom stereocenters. The number of allylic oxidation sites excluding steroid dienone is 1. The number of benzene rings is 2. The Bertz CT molecular complexity index is 997. The van der Waals surface area contributed by atoms with Gasteiger partial charge < -0.3 is 20.7 Å². The SMILES string of the molecule is C=CCOc1cccc([C@H]2NC(=S)NC(C)=C2C(=O)Nc2cccc(C)c2C)c1. The number of hydrogen-bond donors (Lipinski definition) is 3. The summed E-state index contributed by atoms with van der Waals surface area (Å²) in [4.78, 5) is 13.3. The number of ether oxygens (including phenoxy) is 1. The first-order valence-corrected chi connectivity index (χ1v) is 9.81. The van der Waals surface area contributed by atoms with Crippen LogP contribution in [-0.2, 0) is 4.79 Å². The Morgan fingerprint density at radius 1 is 1.24 bits per heavy atom. The molecule has 1 aliphatic heterocycles. The molecule has 0 aromatic heterocycles. The van der Waals surface area contributed by atoms with Crippen molar-refractivity contribution in [3.8, 4) is 5.75 Å². The van der Waals surface area contributed by atoms with Crippen molar-refractivity contribution in [2.75, 3.05) is 11.9 Å². The molecule has 2 aromatic rings. The van der Waals surface area contributed by atoms with Gasteiger partial charge in [0, 0.05) is 11.4 Å². The lowest BCUT2D eigenvalue weighted by Crippen LogP contribution is -2.45. The Kier molecular flexibility index (Phi) is 6.34. The zero-order valence-electron chi connectivity index (χ0n) is 16.8. The van der Waals surface area contributed by atoms with Crippen LogP contribution < -0.4 is 20.7 Å². The molecule has 3 N–H and O–H groups in total. The summed E-state index contributed by atoms with van der Waals surface area (Å²) in [6.45, 7) is 9.96. The number of amides is 1. The molecule has 150 valence electrons. The van der Waals surface area contributed by atoms with Crippen molar-refractivity contribution in [3.05, 3.63) is 83.1 Å². The molecule has 0 saturated heterocycles. The van der Waals surface area contributed by atoms with Crippen LogP contribution in [0.3, 0.4) is 0 Å². The highest BCUT2D eigenvalue weighted by Crippen LogP contribution is 2.30. The maximum Gasteiger partial charge on any atom is 0.255 e. The third-order valence-electron chi connectivity index (χ3n) is 4.93. The molecular formula is C23H25N3O2S. The third kappa shape index (κ3) is 4.66. The Hall–Kier alpha value is -3.12. The second-order valence-corrected chi connectivity index (χ2v) is 7.35. The van der Waals surface area contributed by atoms with Crippen molar-refractivity contribution < 1.29 is 9.53 Å². The van der Waals surface area contributed by atoms with E-state index in [1.807, 2.05) is 63.2 Å². The molecule has 1 amide bonds. The minimum Gasteiger partial charge on any atom is -0.490 e. The molecule has 0 fully saturated rings. The van der Waals surface area contributed by atoms with E-state index in [0.29, 0.717) is 23.0 Å². The Balaban J connectivity index is 1.95. The number of carbonyl (C=O) groups excluding carboxylic acids is 1. The van der Waals surface area contributed by atoms with Gasteiger partial charge in [0.2, 0.25) is 0 Å². The summed E-state index contributed by atoms with van der Waals surface area (Å²) in [7, 11) is 0. The topological polar surface area (TPSA) is 62.4 Å². The summed E-state index contributed by atoms with van der Waals surface area (Å²) in [5.41, 5.74) is 5.16. The Labute approximate surface area is 176 Å². The van der Waals surface area contributed by atoms with Crippen LogP contribution in [0.15, 0.2) is 66.4 Å². The number of nitrogens with one attached hydrogen (secondary N) is 3. The molecule has 6 heteroatoms. The average molecular weight is 408 g/mol. The smallest absolute Gasteiger partial charge is 0.255 e. The minimum atomic E-state index is -0.388. The molecule has 0 aliphatic carbocycles. The first-order valence-electron chi connectivity index (χ1n) is 9.40. The molecule has 0 spiro atoms. The van der Waals surface area contributed by atoms with E-state index in [4.69, 9.17) is 17.0 Å². The monoisotopic (exact) mass is 407 g/mol. The number of rotatable bonds is 6. The Morgan fingerprint density at radius 3 is 2.76 bits per heavy atom. The van der Waals surface area contributed by atoms with Gasteiger partial charge in [0.25, 0.3) is 5.91 Å². The van der Waals surface area contributed by atoms with Gasteiger partial charge in [-0.15, -0.1) is 0 Å². The fourth-order valence-corrected chi connectivity index (χ4v) is 3.53. The maximum absolute atomic E-state index is 13.3. The summed E-state index contributed by atoms with van der Waals surface area (Å²) in [6.07, 6.45) is 1.69. The van der Waals surface area contributed by atoms with Gasteiger partial charge in [-0.25, -0.2) is 0 Å². The molecule has 5 nitrogen and oxygen atoms in total. The van der Waals surface area contributed by atoms with Crippen LogP contribution in [0.5, 0.6) is 5.75 Å². The highest BCUT2D eigenvalue weighted by Gasteiger charge is 2.30. The molecule has 0 saturated carbocycles. The van der Waals surface area contributed by atoms with Gasteiger partial charge in [-0.3, -0.25) is 4.79 Å². The molecular weight excluding hydrogens is 382 g/mol. The molecule has 1 atom stereocenters. The van der Waals surface area contributed by atoms with Crippen molar-refractivity contribution in [3.63, 3.8) is 0 Å². The summed E-state index contributed by atoms with van der Waals surface area (Å²) in [6, 6.07) is 13.1. The second kappa shape index (κ2) is 8.92. The normalized spacial score (nSPS) is 16.0. The van der Waals surface area contributed by atoms with Crippen molar-refractivity contribution in [1.29, 1.82) is 0 Å². The second-order valence-electron chi connectivity index (χ2n) is 6.94. The van der Waals surface area contributed by atoms with E-state index >= 15 is 0 Å². The van der Waals surface area contributed by atoms with Gasteiger partial charge >= 0.3 is 0 Å². The fourth-order valence-electron chi connectivity index (χ4n) is 3.26. The molecule has 1 aliphatic rings. The van der Waals surface area contributed by atoms with E-state index in [1.54, 1.807) is 6.08 Å². The zero-order valence-corrected chi connectivity index (χ0v) is 17.7. The van der Waals surface area contributed by atoms with Gasteiger partial charge in [0.05, 0.1) is 11.6 Å². The van der Waals surface area contributed by atoms with Crippen molar-refractivity contribution in [2.45, 2.75) is 26.8 Å². The highest BCUT2D eigenvalue weighted by atomic mass is 32.1. The molecule has 0 radical (unpaired) electrons. The summed E-state index contributed by atoms with van der Waals surface area (Å²) in [5.74, 6) is 0.529. The van der Waals surface area contributed by atoms with Crippen molar-refractivity contribution >= 4 is 28.9 Å². The summed E-state index contributed by atoms with van der Waals surface area (Å²) < 4.78 is 5.65. The van der Waals surface area contributed by atoms with E-state index in [2.05, 4.69) is 22.5 Å². The van der Waals surface area contributed by atoms with Crippen LogP contribution in [0.25, 0.3) is 0 Å². The third-order valence-corrected chi connectivity index (χ3v) is 5.15. The quantitative estimate of drug-likeness (QED) is 0.492. The highest BCUT2D eigenvalue weighted by molar-refractivity contribution is 7.80. The lowest BCUT2D eigenvalue weighted by atomic mass is 9.94. The lowest BCUT2D eigenvalue weighted by Gasteiger charge is -2.30. The van der Waals surface area contributed by atoms with Crippen LogP contribution in [-0.4, -0.2) is 17.6 Å². The van der Waals surface area contributed by atoms with E-state index in [1.165, 1.54) is 0 Å². The van der Waals surface area contributed by atoms with Crippen LogP contribution in [0.1, 0.15) is 29.7 Å². The number of aryl methyl sites for hydroxylation is 1. The molecule has 2 aromatic carbocycles. The molecule has 3 rings (SSSR count).